The fourth-order valence-corrected chi connectivity index (χ4v) is 4.29. The standard InChI is InChI=1S/C14H15N3O3S2/c1-10(8-12-5-3-7-20-12)17-22(18,19)9-11-4-2-6-13-14(11)16-21-15-13/h2-7,10,17H,8-9H2,1H3. The van der Waals surface area contributed by atoms with E-state index in [2.05, 4.69) is 13.5 Å². The molecule has 6 nitrogen and oxygen atoms in total. The molecule has 0 saturated heterocycles. The van der Waals surface area contributed by atoms with Crippen LogP contribution < -0.4 is 4.72 Å². The number of aromatic nitrogens is 2. The van der Waals surface area contributed by atoms with Crippen LogP contribution in [0.3, 0.4) is 0 Å². The van der Waals surface area contributed by atoms with Crippen molar-refractivity contribution in [2.24, 2.45) is 0 Å². The molecule has 3 aromatic rings. The van der Waals surface area contributed by atoms with Crippen LogP contribution in [-0.4, -0.2) is 23.2 Å². The van der Waals surface area contributed by atoms with Gasteiger partial charge in [0.25, 0.3) is 0 Å². The van der Waals surface area contributed by atoms with E-state index in [1.165, 1.54) is 0 Å². The van der Waals surface area contributed by atoms with E-state index in [0.717, 1.165) is 23.0 Å². The molecule has 1 N–H and O–H groups in total. The third-order valence-corrected chi connectivity index (χ3v) is 5.18. The Hall–Kier alpha value is -1.77. The topological polar surface area (TPSA) is 85.1 Å². The Morgan fingerprint density at radius 2 is 2.14 bits per heavy atom. The van der Waals surface area contributed by atoms with Crippen molar-refractivity contribution in [2.45, 2.75) is 25.1 Å². The van der Waals surface area contributed by atoms with Crippen molar-refractivity contribution in [1.82, 2.24) is 13.5 Å². The van der Waals surface area contributed by atoms with E-state index in [9.17, 15) is 8.42 Å². The van der Waals surface area contributed by atoms with Crippen molar-refractivity contribution >= 4 is 32.8 Å². The summed E-state index contributed by atoms with van der Waals surface area (Å²) in [6.45, 7) is 1.81. The van der Waals surface area contributed by atoms with Gasteiger partial charge in [-0.15, -0.1) is 0 Å². The van der Waals surface area contributed by atoms with Crippen LogP contribution in [0.5, 0.6) is 0 Å². The van der Waals surface area contributed by atoms with Crippen molar-refractivity contribution in [1.29, 1.82) is 0 Å². The Morgan fingerprint density at radius 1 is 1.27 bits per heavy atom. The zero-order chi connectivity index (χ0) is 15.6. The maximum absolute atomic E-state index is 12.3. The van der Waals surface area contributed by atoms with E-state index in [0.29, 0.717) is 17.5 Å². The highest BCUT2D eigenvalue weighted by molar-refractivity contribution is 7.88. The molecule has 0 aliphatic rings. The minimum atomic E-state index is -3.46. The summed E-state index contributed by atoms with van der Waals surface area (Å²) in [5, 5.41) is 0. The average molecular weight is 337 g/mol. The molecule has 0 saturated carbocycles. The SMILES string of the molecule is CC(Cc1ccco1)NS(=O)(=O)Cc1cccc2nsnc12. The van der Waals surface area contributed by atoms with Crippen LogP contribution >= 0.6 is 11.7 Å². The number of furan rings is 1. The second kappa shape index (κ2) is 6.15. The summed E-state index contributed by atoms with van der Waals surface area (Å²) in [4.78, 5) is 0. The van der Waals surface area contributed by atoms with Crippen LogP contribution in [0.25, 0.3) is 11.0 Å². The van der Waals surface area contributed by atoms with Gasteiger partial charge in [0.1, 0.15) is 16.8 Å². The molecule has 0 spiro atoms. The number of nitrogens with one attached hydrogen (secondary N) is 1. The summed E-state index contributed by atoms with van der Waals surface area (Å²) >= 11 is 1.08. The summed E-state index contributed by atoms with van der Waals surface area (Å²) in [5.41, 5.74) is 2.03. The first-order chi connectivity index (χ1) is 10.5. The molecule has 0 bridgehead atoms. The molecule has 0 radical (unpaired) electrons. The first kappa shape index (κ1) is 15.1. The lowest BCUT2D eigenvalue weighted by Gasteiger charge is -2.13. The number of hydrogen-bond donors (Lipinski definition) is 1. The lowest BCUT2D eigenvalue weighted by molar-refractivity contribution is 0.479. The Bertz CT molecular complexity index is 856. The summed E-state index contributed by atoms with van der Waals surface area (Å²) < 4.78 is 40.8. The van der Waals surface area contributed by atoms with E-state index < -0.39 is 10.0 Å². The normalized spacial score (nSPS) is 13.5. The molecule has 116 valence electrons. The smallest absolute Gasteiger partial charge is 0.216 e. The van der Waals surface area contributed by atoms with Gasteiger partial charge in [0.15, 0.2) is 0 Å². The lowest BCUT2D eigenvalue weighted by Crippen LogP contribution is -2.34. The minimum absolute atomic E-state index is 0.113. The molecule has 0 aliphatic carbocycles. The third kappa shape index (κ3) is 3.52. The summed E-state index contributed by atoms with van der Waals surface area (Å²) in [6, 6.07) is 8.74. The number of nitrogens with zero attached hydrogens (tertiary/aromatic N) is 2. The molecule has 2 heterocycles. The van der Waals surface area contributed by atoms with Crippen molar-refractivity contribution < 1.29 is 12.8 Å². The fourth-order valence-electron chi connectivity index (χ4n) is 2.30. The van der Waals surface area contributed by atoms with Crippen molar-refractivity contribution in [3.63, 3.8) is 0 Å². The van der Waals surface area contributed by atoms with Gasteiger partial charge in [-0.05, 0) is 30.7 Å². The van der Waals surface area contributed by atoms with Gasteiger partial charge in [-0.3, -0.25) is 0 Å². The number of hydrogen-bond acceptors (Lipinski definition) is 6. The van der Waals surface area contributed by atoms with Crippen molar-refractivity contribution in [3.8, 4) is 0 Å². The molecule has 3 rings (SSSR count). The van der Waals surface area contributed by atoms with Gasteiger partial charge in [0.2, 0.25) is 10.0 Å². The molecule has 22 heavy (non-hydrogen) atoms. The zero-order valence-electron chi connectivity index (χ0n) is 11.9. The first-order valence-corrected chi connectivity index (χ1v) is 9.14. The minimum Gasteiger partial charge on any atom is -0.469 e. The second-order valence-corrected chi connectivity index (χ2v) is 7.39. The Morgan fingerprint density at radius 3 is 2.91 bits per heavy atom. The van der Waals surface area contributed by atoms with Gasteiger partial charge in [0.05, 0.1) is 23.7 Å². The fraction of sp³-hybridized carbons (Fsp3) is 0.286. The highest BCUT2D eigenvalue weighted by Crippen LogP contribution is 2.18. The van der Waals surface area contributed by atoms with E-state index in [1.54, 1.807) is 24.5 Å². The average Bonchev–Trinajstić information content (AvgIpc) is 3.08. The number of benzene rings is 1. The van der Waals surface area contributed by atoms with Crippen molar-refractivity contribution in [2.75, 3.05) is 0 Å². The van der Waals surface area contributed by atoms with Crippen LogP contribution in [0.4, 0.5) is 0 Å². The highest BCUT2D eigenvalue weighted by atomic mass is 32.2. The summed E-state index contributed by atoms with van der Waals surface area (Å²) in [6.07, 6.45) is 2.08. The predicted molar refractivity (Wildman–Crippen MR) is 85.0 cm³/mol. The number of rotatable bonds is 6. The van der Waals surface area contributed by atoms with Crippen LogP contribution in [0, 0.1) is 0 Å². The number of fused-ring (bicyclic) bond motifs is 1. The molecular formula is C14H15N3O3S2. The molecule has 0 fully saturated rings. The van der Waals surface area contributed by atoms with Gasteiger partial charge in [0, 0.05) is 12.5 Å². The monoisotopic (exact) mass is 337 g/mol. The largest absolute Gasteiger partial charge is 0.469 e. The van der Waals surface area contributed by atoms with Crippen molar-refractivity contribution in [3.05, 3.63) is 47.9 Å². The lowest BCUT2D eigenvalue weighted by atomic mass is 10.2. The Labute approximate surface area is 132 Å². The van der Waals surface area contributed by atoms with Gasteiger partial charge >= 0.3 is 0 Å². The van der Waals surface area contributed by atoms with Gasteiger partial charge in [-0.1, -0.05) is 12.1 Å². The Kier molecular flexibility index (Phi) is 4.23. The first-order valence-electron chi connectivity index (χ1n) is 6.76. The summed E-state index contributed by atoms with van der Waals surface area (Å²) in [5.74, 6) is 0.638. The molecule has 1 aromatic carbocycles. The molecule has 0 amide bonds. The number of sulfonamides is 1. The third-order valence-electron chi connectivity index (χ3n) is 3.18. The van der Waals surface area contributed by atoms with Gasteiger partial charge in [-0.2, -0.15) is 8.75 Å². The second-order valence-electron chi connectivity index (χ2n) is 5.11. The molecule has 2 aromatic heterocycles. The molecule has 8 heteroatoms. The molecule has 0 aliphatic heterocycles. The maximum atomic E-state index is 12.3. The maximum Gasteiger partial charge on any atom is 0.216 e. The highest BCUT2D eigenvalue weighted by Gasteiger charge is 2.18. The molecule has 1 atom stereocenters. The molecular weight excluding hydrogens is 322 g/mol. The van der Waals surface area contributed by atoms with E-state index >= 15 is 0 Å². The van der Waals surface area contributed by atoms with Crippen LogP contribution in [0.15, 0.2) is 41.0 Å². The van der Waals surface area contributed by atoms with Crippen LogP contribution in [0.1, 0.15) is 18.2 Å². The van der Waals surface area contributed by atoms with Crippen LogP contribution in [0.2, 0.25) is 0 Å². The van der Waals surface area contributed by atoms with Gasteiger partial charge < -0.3 is 4.42 Å². The van der Waals surface area contributed by atoms with E-state index in [-0.39, 0.29) is 11.8 Å². The van der Waals surface area contributed by atoms with E-state index in [4.69, 9.17) is 4.42 Å². The Balaban J connectivity index is 1.72. The van der Waals surface area contributed by atoms with Gasteiger partial charge in [-0.25, -0.2) is 13.1 Å². The zero-order valence-corrected chi connectivity index (χ0v) is 13.5. The van der Waals surface area contributed by atoms with Crippen LogP contribution in [-0.2, 0) is 22.2 Å². The summed E-state index contributed by atoms with van der Waals surface area (Å²) in [7, 11) is -3.46. The van der Waals surface area contributed by atoms with E-state index in [1.807, 2.05) is 19.1 Å². The predicted octanol–water partition coefficient (Wildman–Crippen LogP) is 2.33. The quantitative estimate of drug-likeness (QED) is 0.746. The molecule has 1 unspecified atom stereocenters.